The van der Waals surface area contributed by atoms with Crippen molar-refractivity contribution in [2.45, 2.75) is 45.9 Å². The third-order valence-corrected chi connectivity index (χ3v) is 6.67. The van der Waals surface area contributed by atoms with Gasteiger partial charge >= 0.3 is 0 Å². The molecular formula is C22H34N6OS. The first kappa shape index (κ1) is 22.5. The number of aliphatic imine (C=N–C) groups is 1. The van der Waals surface area contributed by atoms with Crippen LogP contribution in [-0.4, -0.2) is 55.1 Å². The fourth-order valence-corrected chi connectivity index (χ4v) is 4.35. The number of methoxy groups -OCH3 is 1. The van der Waals surface area contributed by atoms with E-state index in [4.69, 9.17) is 4.74 Å². The van der Waals surface area contributed by atoms with E-state index in [0.717, 1.165) is 47.0 Å². The Kier molecular flexibility index (Phi) is 8.04. The van der Waals surface area contributed by atoms with E-state index >= 15 is 0 Å². The molecule has 0 amide bonds. The summed E-state index contributed by atoms with van der Waals surface area (Å²) in [6, 6.07) is 4.28. The van der Waals surface area contributed by atoms with Crippen molar-refractivity contribution in [1.29, 1.82) is 0 Å². The monoisotopic (exact) mass is 430 g/mol. The highest BCUT2D eigenvalue weighted by atomic mass is 32.1. The number of ether oxygens (including phenoxy) is 1. The molecule has 0 aliphatic carbocycles. The first-order chi connectivity index (χ1) is 14.5. The molecule has 30 heavy (non-hydrogen) atoms. The normalized spacial score (nSPS) is 16.6. The third-order valence-electron chi connectivity index (χ3n) is 5.61. The fourth-order valence-electron chi connectivity index (χ4n) is 3.51. The predicted octanol–water partition coefficient (Wildman–Crippen LogP) is 3.69. The van der Waals surface area contributed by atoms with Gasteiger partial charge in [0.2, 0.25) is 0 Å². The maximum absolute atomic E-state index is 5.35. The molecule has 1 aliphatic heterocycles. The van der Waals surface area contributed by atoms with Crippen LogP contribution in [0.1, 0.15) is 49.1 Å². The smallest absolute Gasteiger partial charge is 0.194 e. The van der Waals surface area contributed by atoms with Gasteiger partial charge in [0, 0.05) is 52.4 Å². The molecule has 1 aliphatic rings. The van der Waals surface area contributed by atoms with Crippen molar-refractivity contribution in [2.75, 3.05) is 39.2 Å². The van der Waals surface area contributed by atoms with Crippen LogP contribution in [0.4, 0.5) is 5.82 Å². The van der Waals surface area contributed by atoms with Gasteiger partial charge in [-0.1, -0.05) is 13.0 Å². The molecule has 3 rings (SSSR count). The van der Waals surface area contributed by atoms with E-state index in [0.29, 0.717) is 13.1 Å². The van der Waals surface area contributed by atoms with Crippen LogP contribution in [-0.2, 0) is 17.8 Å². The first-order valence-corrected chi connectivity index (χ1v) is 11.5. The number of aromatic nitrogens is 2. The Balaban J connectivity index is 1.51. The Morgan fingerprint density at radius 3 is 2.80 bits per heavy atom. The Hall–Kier alpha value is -2.19. The van der Waals surface area contributed by atoms with E-state index in [-0.39, 0.29) is 6.10 Å². The van der Waals surface area contributed by atoms with Gasteiger partial charge in [0.1, 0.15) is 16.9 Å². The average molecular weight is 431 g/mol. The predicted molar refractivity (Wildman–Crippen MR) is 124 cm³/mol. The number of guanidine groups is 1. The molecule has 1 saturated heterocycles. The molecule has 1 atom stereocenters. The number of thiazole rings is 1. The molecule has 1 unspecified atom stereocenters. The van der Waals surface area contributed by atoms with Crippen molar-refractivity contribution in [3.05, 3.63) is 40.0 Å². The van der Waals surface area contributed by atoms with Crippen LogP contribution in [0.3, 0.4) is 0 Å². The van der Waals surface area contributed by atoms with Crippen molar-refractivity contribution in [1.82, 2.24) is 20.2 Å². The third kappa shape index (κ3) is 5.92. The van der Waals surface area contributed by atoms with Crippen LogP contribution in [0.25, 0.3) is 0 Å². The van der Waals surface area contributed by atoms with Gasteiger partial charge in [-0.05, 0) is 37.3 Å². The van der Waals surface area contributed by atoms with E-state index in [9.17, 15) is 0 Å². The number of hydrogen-bond acceptors (Lipinski definition) is 6. The minimum atomic E-state index is 0.0234. The van der Waals surface area contributed by atoms with Crippen molar-refractivity contribution in [2.24, 2.45) is 10.9 Å². The van der Waals surface area contributed by atoms with Crippen LogP contribution >= 0.6 is 11.3 Å². The van der Waals surface area contributed by atoms with Crippen LogP contribution in [0.15, 0.2) is 28.7 Å². The largest absolute Gasteiger partial charge is 0.375 e. The minimum absolute atomic E-state index is 0.0234. The molecule has 0 aromatic carbocycles. The maximum Gasteiger partial charge on any atom is 0.194 e. The number of rotatable bonds is 7. The standard InChI is InChI=1S/C22H34N6OS/c1-16-8-10-28(11-9-16)20-7-6-18(12-24-20)13-25-22(23-3)27(4)14-19-15-30-21(26-19)17(2)29-5/h6-7,12,15-17H,8-11,13-14H2,1-5H3,(H,23,25). The molecule has 164 valence electrons. The lowest BCUT2D eigenvalue weighted by molar-refractivity contribution is 0.119. The second kappa shape index (κ2) is 10.7. The summed E-state index contributed by atoms with van der Waals surface area (Å²) in [4.78, 5) is 18.2. The number of pyridine rings is 1. The SMILES string of the molecule is CN=C(NCc1ccc(N2CCC(C)CC2)nc1)N(C)Cc1csc(C(C)OC)n1. The zero-order valence-corrected chi connectivity index (χ0v) is 19.6. The van der Waals surface area contributed by atoms with E-state index < -0.39 is 0 Å². The zero-order chi connectivity index (χ0) is 21.5. The Labute approximate surface area is 184 Å². The van der Waals surface area contributed by atoms with Crippen molar-refractivity contribution < 1.29 is 4.74 Å². The quantitative estimate of drug-likeness (QED) is 0.534. The summed E-state index contributed by atoms with van der Waals surface area (Å²) in [5.41, 5.74) is 2.16. The fraction of sp³-hybridized carbons (Fsp3) is 0.591. The van der Waals surface area contributed by atoms with Gasteiger partial charge in [-0.3, -0.25) is 4.99 Å². The van der Waals surface area contributed by atoms with Crippen LogP contribution in [0.2, 0.25) is 0 Å². The molecule has 2 aromatic rings. The number of anilines is 1. The summed E-state index contributed by atoms with van der Waals surface area (Å²) >= 11 is 1.63. The summed E-state index contributed by atoms with van der Waals surface area (Å²) in [7, 11) is 5.53. The molecule has 1 N–H and O–H groups in total. The van der Waals surface area contributed by atoms with Crippen LogP contribution in [0.5, 0.6) is 0 Å². The molecule has 2 aromatic heterocycles. The van der Waals surface area contributed by atoms with Crippen molar-refractivity contribution >= 4 is 23.1 Å². The highest BCUT2D eigenvalue weighted by Crippen LogP contribution is 2.22. The molecule has 8 heteroatoms. The van der Waals surface area contributed by atoms with Crippen molar-refractivity contribution in [3.63, 3.8) is 0 Å². The Bertz CT molecular complexity index is 813. The molecule has 0 bridgehead atoms. The lowest BCUT2D eigenvalue weighted by Gasteiger charge is -2.31. The van der Waals surface area contributed by atoms with Crippen LogP contribution < -0.4 is 10.2 Å². The molecule has 1 fully saturated rings. The summed E-state index contributed by atoms with van der Waals surface area (Å²) < 4.78 is 5.35. The van der Waals surface area contributed by atoms with Gasteiger partial charge in [-0.2, -0.15) is 0 Å². The van der Waals surface area contributed by atoms with E-state index in [1.54, 1.807) is 25.5 Å². The Morgan fingerprint density at radius 1 is 1.40 bits per heavy atom. The number of nitrogens with zero attached hydrogens (tertiary/aromatic N) is 5. The number of hydrogen-bond donors (Lipinski definition) is 1. The molecule has 7 nitrogen and oxygen atoms in total. The first-order valence-electron chi connectivity index (χ1n) is 10.6. The van der Waals surface area contributed by atoms with Gasteiger partial charge in [0.25, 0.3) is 0 Å². The highest BCUT2D eigenvalue weighted by molar-refractivity contribution is 7.09. The lowest BCUT2D eigenvalue weighted by Crippen LogP contribution is -2.38. The van der Waals surface area contributed by atoms with E-state index in [1.807, 2.05) is 20.2 Å². The zero-order valence-electron chi connectivity index (χ0n) is 18.8. The molecule has 0 spiro atoms. The second-order valence-corrected chi connectivity index (χ2v) is 8.90. The summed E-state index contributed by atoms with van der Waals surface area (Å²) in [6.07, 6.45) is 4.49. The van der Waals surface area contributed by atoms with Gasteiger partial charge in [-0.25, -0.2) is 9.97 Å². The molecule has 3 heterocycles. The van der Waals surface area contributed by atoms with Gasteiger partial charge in [-0.15, -0.1) is 11.3 Å². The average Bonchev–Trinajstić information content (AvgIpc) is 3.23. The topological polar surface area (TPSA) is 65.9 Å². The number of nitrogens with one attached hydrogen (secondary N) is 1. The maximum atomic E-state index is 5.35. The van der Waals surface area contributed by atoms with E-state index in [1.165, 1.54) is 12.8 Å². The number of piperidine rings is 1. The van der Waals surface area contributed by atoms with Gasteiger partial charge in [0.15, 0.2) is 5.96 Å². The second-order valence-electron chi connectivity index (χ2n) is 8.01. The van der Waals surface area contributed by atoms with Crippen molar-refractivity contribution in [3.8, 4) is 0 Å². The Morgan fingerprint density at radius 2 is 2.17 bits per heavy atom. The molecule has 0 radical (unpaired) electrons. The van der Waals surface area contributed by atoms with E-state index in [2.05, 4.69) is 54.5 Å². The minimum Gasteiger partial charge on any atom is -0.375 e. The van der Waals surface area contributed by atoms with Gasteiger partial charge in [0.05, 0.1) is 12.2 Å². The lowest BCUT2D eigenvalue weighted by atomic mass is 9.99. The summed E-state index contributed by atoms with van der Waals surface area (Å²) in [6.45, 7) is 7.92. The highest BCUT2D eigenvalue weighted by Gasteiger charge is 2.17. The molecule has 0 saturated carbocycles. The summed E-state index contributed by atoms with van der Waals surface area (Å²) in [5, 5.41) is 6.50. The summed E-state index contributed by atoms with van der Waals surface area (Å²) in [5.74, 6) is 2.74. The van der Waals surface area contributed by atoms with Crippen LogP contribution in [0, 0.1) is 5.92 Å². The van der Waals surface area contributed by atoms with Gasteiger partial charge < -0.3 is 19.9 Å². The molecular weight excluding hydrogens is 396 g/mol.